The lowest BCUT2D eigenvalue weighted by Crippen LogP contribution is -2.29. The fraction of sp³-hybridized carbons (Fsp3) is 0.941. The van der Waals surface area contributed by atoms with Gasteiger partial charge in [-0.1, -0.05) is 51.9 Å². The van der Waals surface area contributed by atoms with E-state index in [1.54, 1.807) is 0 Å². The smallest absolute Gasteiger partial charge is 0.119 e. The minimum absolute atomic E-state index is 0.272. The molecule has 0 saturated carbocycles. The molecule has 0 heterocycles. The molecule has 0 aliphatic heterocycles. The standard InChI is InChI=1S/C17H35NO2/c1-2-3-4-7-10-13-18(15-17-20)14-11-8-5-6-9-12-16-19/h16,20H,2-15,17H2,1H3. The summed E-state index contributed by atoms with van der Waals surface area (Å²) in [4.78, 5) is 12.6. The van der Waals surface area contributed by atoms with Crippen LogP contribution in [0.15, 0.2) is 0 Å². The van der Waals surface area contributed by atoms with Crippen molar-refractivity contribution in [3.05, 3.63) is 0 Å². The van der Waals surface area contributed by atoms with E-state index >= 15 is 0 Å². The lowest BCUT2D eigenvalue weighted by Gasteiger charge is -2.21. The molecule has 0 radical (unpaired) electrons. The van der Waals surface area contributed by atoms with E-state index in [1.807, 2.05) is 0 Å². The third-order valence-corrected chi connectivity index (χ3v) is 3.79. The van der Waals surface area contributed by atoms with Crippen LogP contribution in [0.2, 0.25) is 0 Å². The molecule has 0 atom stereocenters. The van der Waals surface area contributed by atoms with Gasteiger partial charge in [-0.3, -0.25) is 0 Å². The zero-order valence-electron chi connectivity index (χ0n) is 13.5. The number of carbonyl (C=O) groups is 1. The lowest BCUT2D eigenvalue weighted by molar-refractivity contribution is -0.107. The van der Waals surface area contributed by atoms with Crippen LogP contribution in [0.25, 0.3) is 0 Å². The number of rotatable bonds is 16. The second-order valence-corrected chi connectivity index (χ2v) is 5.70. The molecular formula is C17H35NO2. The highest BCUT2D eigenvalue weighted by Gasteiger charge is 2.03. The molecule has 0 aliphatic rings. The number of carbonyl (C=O) groups excluding carboxylic acids is 1. The van der Waals surface area contributed by atoms with E-state index in [0.717, 1.165) is 32.3 Å². The molecule has 20 heavy (non-hydrogen) atoms. The maximum Gasteiger partial charge on any atom is 0.119 e. The highest BCUT2D eigenvalue weighted by atomic mass is 16.3. The Balaban J connectivity index is 3.46. The molecule has 0 amide bonds. The SMILES string of the molecule is CCCCCCCN(CCO)CCCCCCCC=O. The normalized spacial score (nSPS) is 11.2. The zero-order valence-corrected chi connectivity index (χ0v) is 13.5. The minimum atomic E-state index is 0.272. The Kier molecular flexibility index (Phi) is 16.3. The number of hydrogen-bond acceptors (Lipinski definition) is 3. The Labute approximate surface area is 125 Å². The quantitative estimate of drug-likeness (QED) is 0.346. The van der Waals surface area contributed by atoms with Crippen molar-refractivity contribution in [2.24, 2.45) is 0 Å². The van der Waals surface area contributed by atoms with Crippen LogP contribution in [0.1, 0.15) is 77.6 Å². The van der Waals surface area contributed by atoms with Crippen molar-refractivity contribution in [3.8, 4) is 0 Å². The van der Waals surface area contributed by atoms with E-state index in [1.165, 1.54) is 57.8 Å². The van der Waals surface area contributed by atoms with E-state index in [4.69, 9.17) is 5.11 Å². The van der Waals surface area contributed by atoms with Gasteiger partial charge in [-0.25, -0.2) is 0 Å². The van der Waals surface area contributed by atoms with Gasteiger partial charge in [0.15, 0.2) is 0 Å². The Bertz CT molecular complexity index is 197. The molecule has 3 heteroatoms. The molecule has 0 aromatic rings. The zero-order chi connectivity index (χ0) is 14.9. The second-order valence-electron chi connectivity index (χ2n) is 5.70. The van der Waals surface area contributed by atoms with Gasteiger partial charge in [-0.05, 0) is 32.4 Å². The lowest BCUT2D eigenvalue weighted by atomic mass is 10.1. The molecule has 0 aliphatic carbocycles. The molecule has 1 N–H and O–H groups in total. The van der Waals surface area contributed by atoms with Crippen LogP contribution in [-0.4, -0.2) is 42.5 Å². The fourth-order valence-electron chi connectivity index (χ4n) is 2.51. The first-order valence-corrected chi connectivity index (χ1v) is 8.62. The molecule has 0 saturated heterocycles. The van der Waals surface area contributed by atoms with Crippen LogP contribution < -0.4 is 0 Å². The number of nitrogens with zero attached hydrogens (tertiary/aromatic N) is 1. The second kappa shape index (κ2) is 16.6. The third-order valence-electron chi connectivity index (χ3n) is 3.79. The molecule has 0 aromatic heterocycles. The van der Waals surface area contributed by atoms with Crippen LogP contribution in [0.3, 0.4) is 0 Å². The summed E-state index contributed by atoms with van der Waals surface area (Å²) in [5.74, 6) is 0. The monoisotopic (exact) mass is 285 g/mol. The summed E-state index contributed by atoms with van der Waals surface area (Å²) in [7, 11) is 0. The van der Waals surface area contributed by atoms with Crippen molar-refractivity contribution in [3.63, 3.8) is 0 Å². The molecular weight excluding hydrogens is 250 g/mol. The Morgan fingerprint density at radius 1 is 0.800 bits per heavy atom. The van der Waals surface area contributed by atoms with Crippen LogP contribution >= 0.6 is 0 Å². The van der Waals surface area contributed by atoms with E-state index < -0.39 is 0 Å². The van der Waals surface area contributed by atoms with Gasteiger partial charge in [0, 0.05) is 13.0 Å². The Morgan fingerprint density at radius 3 is 1.90 bits per heavy atom. The Morgan fingerprint density at radius 2 is 1.35 bits per heavy atom. The van der Waals surface area contributed by atoms with Gasteiger partial charge in [0.2, 0.25) is 0 Å². The van der Waals surface area contributed by atoms with Crippen LogP contribution in [0.5, 0.6) is 0 Å². The van der Waals surface area contributed by atoms with Gasteiger partial charge in [-0.15, -0.1) is 0 Å². The average molecular weight is 285 g/mol. The van der Waals surface area contributed by atoms with Crippen LogP contribution in [0, 0.1) is 0 Å². The molecule has 0 unspecified atom stereocenters. The maximum atomic E-state index is 10.2. The summed E-state index contributed by atoms with van der Waals surface area (Å²) in [6, 6.07) is 0. The largest absolute Gasteiger partial charge is 0.395 e. The number of unbranched alkanes of at least 4 members (excludes halogenated alkanes) is 9. The van der Waals surface area contributed by atoms with Crippen molar-refractivity contribution in [2.75, 3.05) is 26.2 Å². The number of aldehydes is 1. The predicted octanol–water partition coefficient (Wildman–Crippen LogP) is 3.79. The first-order chi connectivity index (χ1) is 9.85. The summed E-state index contributed by atoms with van der Waals surface area (Å²) in [6.07, 6.45) is 14.2. The maximum absolute atomic E-state index is 10.2. The van der Waals surface area contributed by atoms with Gasteiger partial charge in [0.25, 0.3) is 0 Å². The molecule has 0 fully saturated rings. The number of aliphatic hydroxyl groups is 1. The summed E-state index contributed by atoms with van der Waals surface area (Å²) < 4.78 is 0. The molecule has 0 bridgehead atoms. The van der Waals surface area contributed by atoms with Gasteiger partial charge in [0.1, 0.15) is 6.29 Å². The van der Waals surface area contributed by atoms with Gasteiger partial charge >= 0.3 is 0 Å². The third kappa shape index (κ3) is 14.0. The van der Waals surface area contributed by atoms with Crippen molar-refractivity contribution < 1.29 is 9.90 Å². The molecule has 0 rings (SSSR count). The first-order valence-electron chi connectivity index (χ1n) is 8.62. The van der Waals surface area contributed by atoms with Crippen LogP contribution in [0.4, 0.5) is 0 Å². The van der Waals surface area contributed by atoms with Crippen molar-refractivity contribution >= 4 is 6.29 Å². The van der Waals surface area contributed by atoms with E-state index in [-0.39, 0.29) is 6.61 Å². The molecule has 3 nitrogen and oxygen atoms in total. The van der Waals surface area contributed by atoms with Crippen molar-refractivity contribution in [2.45, 2.75) is 77.6 Å². The van der Waals surface area contributed by atoms with Gasteiger partial charge in [0.05, 0.1) is 6.61 Å². The van der Waals surface area contributed by atoms with Gasteiger partial charge < -0.3 is 14.8 Å². The minimum Gasteiger partial charge on any atom is -0.395 e. The topological polar surface area (TPSA) is 40.5 Å². The number of hydrogen-bond donors (Lipinski definition) is 1. The first kappa shape index (κ1) is 19.6. The van der Waals surface area contributed by atoms with Crippen molar-refractivity contribution in [1.29, 1.82) is 0 Å². The summed E-state index contributed by atoms with van der Waals surface area (Å²) in [6.45, 7) is 5.58. The van der Waals surface area contributed by atoms with E-state index in [0.29, 0.717) is 6.42 Å². The Hall–Kier alpha value is -0.410. The summed E-state index contributed by atoms with van der Waals surface area (Å²) in [5.41, 5.74) is 0. The van der Waals surface area contributed by atoms with Crippen LogP contribution in [-0.2, 0) is 4.79 Å². The highest BCUT2D eigenvalue weighted by Crippen LogP contribution is 2.07. The highest BCUT2D eigenvalue weighted by molar-refractivity contribution is 5.48. The molecule has 0 spiro atoms. The predicted molar refractivity (Wildman–Crippen MR) is 86.1 cm³/mol. The summed E-state index contributed by atoms with van der Waals surface area (Å²) in [5, 5.41) is 9.10. The number of aliphatic hydroxyl groups excluding tert-OH is 1. The summed E-state index contributed by atoms with van der Waals surface area (Å²) >= 11 is 0. The molecule has 120 valence electrons. The average Bonchev–Trinajstić information content (AvgIpc) is 2.46. The molecule has 0 aromatic carbocycles. The van der Waals surface area contributed by atoms with E-state index in [9.17, 15) is 4.79 Å². The van der Waals surface area contributed by atoms with E-state index in [2.05, 4.69) is 11.8 Å². The van der Waals surface area contributed by atoms with Gasteiger partial charge in [-0.2, -0.15) is 0 Å². The van der Waals surface area contributed by atoms with Crippen molar-refractivity contribution in [1.82, 2.24) is 4.90 Å². The fourth-order valence-corrected chi connectivity index (χ4v) is 2.51.